The first kappa shape index (κ1) is 13.6. The van der Waals surface area contributed by atoms with Gasteiger partial charge in [-0.1, -0.05) is 0 Å². The molecule has 1 rings (SSSR count). The van der Waals surface area contributed by atoms with E-state index < -0.39 is 10.8 Å². The number of carbonyl (C=O) groups excluding carboxylic acids is 1. The minimum absolute atomic E-state index is 0.135. The molecule has 0 aromatic heterocycles. The topological polar surface area (TPSA) is 55.4 Å². The van der Waals surface area contributed by atoms with Gasteiger partial charge in [-0.05, 0) is 26.7 Å². The lowest BCUT2D eigenvalue weighted by molar-refractivity contribution is -0.143. The Morgan fingerprint density at radius 1 is 1.50 bits per heavy atom. The quantitative estimate of drug-likeness (QED) is 0.731. The van der Waals surface area contributed by atoms with E-state index >= 15 is 0 Å². The summed E-state index contributed by atoms with van der Waals surface area (Å²) in [5.41, 5.74) is 0. The summed E-state index contributed by atoms with van der Waals surface area (Å²) in [5, 5.41) is 3.39. The van der Waals surface area contributed by atoms with Crippen LogP contribution in [-0.4, -0.2) is 40.4 Å². The van der Waals surface area contributed by atoms with Crippen LogP contribution in [0, 0.1) is 0 Å². The molecule has 1 atom stereocenters. The van der Waals surface area contributed by atoms with Crippen molar-refractivity contribution in [3.8, 4) is 0 Å². The largest absolute Gasteiger partial charge is 0.466 e. The van der Waals surface area contributed by atoms with Gasteiger partial charge in [0, 0.05) is 34.4 Å². The fourth-order valence-corrected chi connectivity index (χ4v) is 3.19. The molecule has 0 bridgehead atoms. The second-order valence-corrected chi connectivity index (χ2v) is 5.90. The van der Waals surface area contributed by atoms with Gasteiger partial charge in [-0.15, -0.1) is 0 Å². The van der Waals surface area contributed by atoms with E-state index in [4.69, 9.17) is 4.74 Å². The molecule has 1 saturated heterocycles. The maximum atomic E-state index is 11.2. The van der Waals surface area contributed by atoms with E-state index in [1.54, 1.807) is 0 Å². The molecule has 1 N–H and O–H groups in total. The lowest BCUT2D eigenvalue weighted by atomic mass is 10.1. The highest BCUT2D eigenvalue weighted by Crippen LogP contribution is 2.10. The highest BCUT2D eigenvalue weighted by atomic mass is 32.2. The highest BCUT2D eigenvalue weighted by Gasteiger charge is 2.20. The van der Waals surface area contributed by atoms with Crippen molar-refractivity contribution in [2.24, 2.45) is 0 Å². The van der Waals surface area contributed by atoms with Crippen molar-refractivity contribution < 1.29 is 13.7 Å². The number of ether oxygens (including phenoxy) is 1. The average molecular weight is 247 g/mol. The number of esters is 1. The van der Waals surface area contributed by atoms with Crippen LogP contribution in [0.1, 0.15) is 33.1 Å². The summed E-state index contributed by atoms with van der Waals surface area (Å²) in [6, 6.07) is 0.540. The van der Waals surface area contributed by atoms with Gasteiger partial charge >= 0.3 is 5.97 Å². The Labute approximate surface area is 99.6 Å². The van der Waals surface area contributed by atoms with Crippen LogP contribution in [0.3, 0.4) is 0 Å². The lowest BCUT2D eigenvalue weighted by Crippen LogP contribution is -2.41. The summed E-state index contributed by atoms with van der Waals surface area (Å²) >= 11 is 0. The van der Waals surface area contributed by atoms with Crippen molar-refractivity contribution in [3.63, 3.8) is 0 Å². The third-order valence-electron chi connectivity index (χ3n) is 2.69. The first-order valence-corrected chi connectivity index (χ1v) is 7.37. The average Bonchev–Trinajstić information content (AvgIpc) is 2.21. The molecule has 0 aromatic rings. The first-order valence-electron chi connectivity index (χ1n) is 5.88. The molecule has 0 saturated carbocycles. The van der Waals surface area contributed by atoms with Crippen LogP contribution >= 0.6 is 0 Å². The molecule has 1 heterocycles. The molecule has 5 heteroatoms. The van der Waals surface area contributed by atoms with E-state index in [1.165, 1.54) is 0 Å². The monoisotopic (exact) mass is 247 g/mol. The summed E-state index contributed by atoms with van der Waals surface area (Å²) in [6.45, 7) is 4.24. The first-order chi connectivity index (χ1) is 7.61. The smallest absolute Gasteiger partial charge is 0.307 e. The molecular formula is C11H21NO3S. The normalized spacial score (nSPS) is 27.4. The number of rotatable bonds is 5. The molecule has 0 aliphatic carbocycles. The van der Waals surface area contributed by atoms with E-state index in [0.717, 1.165) is 24.3 Å². The molecule has 1 aliphatic rings. The maximum absolute atomic E-state index is 11.2. The Kier molecular flexibility index (Phi) is 5.98. The van der Waals surface area contributed by atoms with Gasteiger partial charge in [0.25, 0.3) is 0 Å². The summed E-state index contributed by atoms with van der Waals surface area (Å²) in [6.07, 6.45) is 2.30. The number of hydrogen-bond acceptors (Lipinski definition) is 4. The predicted octanol–water partition coefficient (Wildman–Crippen LogP) is 0.829. The third kappa shape index (κ3) is 5.07. The Morgan fingerprint density at radius 2 is 2.12 bits per heavy atom. The van der Waals surface area contributed by atoms with Crippen LogP contribution < -0.4 is 5.32 Å². The van der Waals surface area contributed by atoms with Gasteiger partial charge in [-0.25, -0.2) is 0 Å². The van der Waals surface area contributed by atoms with Gasteiger partial charge in [-0.2, -0.15) is 0 Å². The number of carbonyl (C=O) groups is 1. The Balaban J connectivity index is 2.20. The molecule has 0 aromatic carbocycles. The fraction of sp³-hybridized carbons (Fsp3) is 0.909. The highest BCUT2D eigenvalue weighted by molar-refractivity contribution is 7.85. The zero-order chi connectivity index (χ0) is 12.0. The van der Waals surface area contributed by atoms with Gasteiger partial charge in [0.2, 0.25) is 0 Å². The third-order valence-corrected chi connectivity index (χ3v) is 4.07. The van der Waals surface area contributed by atoms with Crippen molar-refractivity contribution >= 4 is 16.8 Å². The van der Waals surface area contributed by atoms with E-state index in [-0.39, 0.29) is 12.0 Å². The van der Waals surface area contributed by atoms with E-state index in [9.17, 15) is 9.00 Å². The second kappa shape index (κ2) is 7.01. The van der Waals surface area contributed by atoms with E-state index in [1.807, 2.05) is 13.8 Å². The predicted molar refractivity (Wildman–Crippen MR) is 64.7 cm³/mol. The molecule has 0 amide bonds. The molecule has 1 fully saturated rings. The van der Waals surface area contributed by atoms with Crippen LogP contribution in [0.4, 0.5) is 0 Å². The maximum Gasteiger partial charge on any atom is 0.307 e. The fourth-order valence-electron chi connectivity index (χ4n) is 1.89. The number of nitrogens with one attached hydrogen (secondary N) is 1. The number of hydrogen-bond donors (Lipinski definition) is 1. The second-order valence-electron chi connectivity index (χ2n) is 4.20. The molecular weight excluding hydrogens is 226 g/mol. The van der Waals surface area contributed by atoms with Gasteiger partial charge in [0.15, 0.2) is 0 Å². The van der Waals surface area contributed by atoms with Gasteiger partial charge < -0.3 is 10.1 Å². The van der Waals surface area contributed by atoms with Crippen LogP contribution in [0.15, 0.2) is 0 Å². The summed E-state index contributed by atoms with van der Waals surface area (Å²) in [5.74, 6) is 1.41. The van der Waals surface area contributed by atoms with E-state index in [2.05, 4.69) is 5.32 Å². The van der Waals surface area contributed by atoms with Gasteiger partial charge in [0.05, 0.1) is 13.0 Å². The zero-order valence-electron chi connectivity index (χ0n) is 10.0. The molecule has 0 radical (unpaired) electrons. The van der Waals surface area contributed by atoms with Gasteiger partial charge in [0.1, 0.15) is 0 Å². The van der Waals surface area contributed by atoms with Crippen molar-refractivity contribution in [3.05, 3.63) is 0 Å². The van der Waals surface area contributed by atoms with Crippen molar-refractivity contribution in [2.45, 2.75) is 45.2 Å². The van der Waals surface area contributed by atoms with Crippen LogP contribution in [0.2, 0.25) is 0 Å². The van der Waals surface area contributed by atoms with Crippen molar-refractivity contribution in [1.82, 2.24) is 5.32 Å². The SMILES string of the molecule is CCOC(=O)CC(C)NC1CCS(=O)CC1. The Morgan fingerprint density at radius 3 is 2.69 bits per heavy atom. The standard InChI is InChI=1S/C11H21NO3S/c1-3-15-11(13)8-9(2)12-10-4-6-16(14)7-5-10/h9-10,12H,3-8H2,1-2H3. The zero-order valence-corrected chi connectivity index (χ0v) is 10.8. The Bertz CT molecular complexity index is 248. The van der Waals surface area contributed by atoms with Crippen LogP contribution in [-0.2, 0) is 20.3 Å². The summed E-state index contributed by atoms with van der Waals surface area (Å²) in [4.78, 5) is 11.2. The van der Waals surface area contributed by atoms with Crippen LogP contribution in [0.5, 0.6) is 0 Å². The minimum atomic E-state index is -0.621. The van der Waals surface area contributed by atoms with Crippen molar-refractivity contribution in [2.75, 3.05) is 18.1 Å². The minimum Gasteiger partial charge on any atom is -0.466 e. The Hall–Kier alpha value is -0.420. The van der Waals surface area contributed by atoms with E-state index in [0.29, 0.717) is 19.1 Å². The molecule has 1 unspecified atom stereocenters. The van der Waals surface area contributed by atoms with Gasteiger partial charge in [-0.3, -0.25) is 9.00 Å². The lowest BCUT2D eigenvalue weighted by Gasteiger charge is -2.25. The summed E-state index contributed by atoms with van der Waals surface area (Å²) in [7, 11) is -0.621. The molecule has 0 spiro atoms. The summed E-state index contributed by atoms with van der Waals surface area (Å²) < 4.78 is 16.1. The molecule has 1 aliphatic heterocycles. The molecule has 16 heavy (non-hydrogen) atoms. The van der Waals surface area contributed by atoms with Crippen molar-refractivity contribution in [1.29, 1.82) is 0 Å². The molecule has 4 nitrogen and oxygen atoms in total. The van der Waals surface area contributed by atoms with Crippen LogP contribution in [0.25, 0.3) is 0 Å². The molecule has 94 valence electrons.